The van der Waals surface area contributed by atoms with Crippen LogP contribution in [0.15, 0.2) is 36.4 Å². The van der Waals surface area contributed by atoms with Crippen LogP contribution >= 0.6 is 0 Å². The van der Waals surface area contributed by atoms with Gasteiger partial charge in [-0.1, -0.05) is 0 Å². The Labute approximate surface area is 117 Å². The third-order valence-electron chi connectivity index (χ3n) is 2.64. The number of phenolic OH excluding ortho intramolecular Hbond substituents is 2. The van der Waals surface area contributed by atoms with Gasteiger partial charge in [-0.15, -0.1) is 0 Å². The third kappa shape index (κ3) is 3.06. The SMILES string of the molecule is O=C(Nc1cc([N+](=O)[O-])ccc1O)c1ccc(F)cc1O. The number of nitro groups is 1. The lowest BCUT2D eigenvalue weighted by Gasteiger charge is -2.08. The minimum Gasteiger partial charge on any atom is -0.507 e. The summed E-state index contributed by atoms with van der Waals surface area (Å²) in [4.78, 5) is 21.9. The molecule has 2 rings (SSSR count). The first kappa shape index (κ1) is 14.3. The number of carbonyl (C=O) groups is 1. The minimum absolute atomic E-state index is 0.196. The Hall–Kier alpha value is -3.16. The van der Waals surface area contributed by atoms with E-state index in [0.717, 1.165) is 36.4 Å². The molecule has 0 heterocycles. The number of halogens is 1. The molecule has 2 aromatic carbocycles. The van der Waals surface area contributed by atoms with Gasteiger partial charge < -0.3 is 15.5 Å². The Balaban J connectivity index is 2.31. The van der Waals surface area contributed by atoms with Crippen LogP contribution in [0.25, 0.3) is 0 Å². The number of carbonyl (C=O) groups excluding carboxylic acids is 1. The Kier molecular flexibility index (Phi) is 3.70. The van der Waals surface area contributed by atoms with E-state index in [1.165, 1.54) is 0 Å². The first-order valence-corrected chi connectivity index (χ1v) is 5.66. The van der Waals surface area contributed by atoms with Crippen LogP contribution in [0, 0.1) is 15.9 Å². The average Bonchev–Trinajstić information content (AvgIpc) is 2.40. The summed E-state index contributed by atoms with van der Waals surface area (Å²) in [6.45, 7) is 0. The molecule has 2 aromatic rings. The molecule has 0 spiro atoms. The maximum Gasteiger partial charge on any atom is 0.271 e. The highest BCUT2D eigenvalue weighted by Gasteiger charge is 2.16. The van der Waals surface area contributed by atoms with E-state index in [-0.39, 0.29) is 22.7 Å². The molecule has 3 N–H and O–H groups in total. The first-order chi connectivity index (χ1) is 9.88. The van der Waals surface area contributed by atoms with Crippen molar-refractivity contribution in [3.8, 4) is 11.5 Å². The topological polar surface area (TPSA) is 113 Å². The van der Waals surface area contributed by atoms with Crippen molar-refractivity contribution in [1.82, 2.24) is 0 Å². The van der Waals surface area contributed by atoms with Crippen LogP contribution in [-0.4, -0.2) is 21.0 Å². The highest BCUT2D eigenvalue weighted by molar-refractivity contribution is 6.06. The third-order valence-corrected chi connectivity index (χ3v) is 2.64. The Morgan fingerprint density at radius 3 is 2.48 bits per heavy atom. The highest BCUT2D eigenvalue weighted by atomic mass is 19.1. The van der Waals surface area contributed by atoms with Crippen LogP contribution in [-0.2, 0) is 0 Å². The van der Waals surface area contributed by atoms with Crippen LogP contribution in [0.1, 0.15) is 10.4 Å². The maximum atomic E-state index is 12.8. The zero-order valence-corrected chi connectivity index (χ0v) is 10.4. The van der Waals surface area contributed by atoms with Gasteiger partial charge in [0.2, 0.25) is 0 Å². The van der Waals surface area contributed by atoms with Crippen molar-refractivity contribution in [1.29, 1.82) is 0 Å². The summed E-state index contributed by atoms with van der Waals surface area (Å²) in [6, 6.07) is 5.87. The zero-order valence-electron chi connectivity index (χ0n) is 10.4. The quantitative estimate of drug-likeness (QED) is 0.456. The molecule has 0 bridgehead atoms. The molecule has 108 valence electrons. The smallest absolute Gasteiger partial charge is 0.271 e. The van der Waals surface area contributed by atoms with Crippen molar-refractivity contribution in [2.45, 2.75) is 0 Å². The van der Waals surface area contributed by atoms with Crippen LogP contribution in [0.2, 0.25) is 0 Å². The number of nitrogens with one attached hydrogen (secondary N) is 1. The van der Waals surface area contributed by atoms with E-state index in [1.807, 2.05) is 0 Å². The molecule has 7 nitrogen and oxygen atoms in total. The lowest BCUT2D eigenvalue weighted by molar-refractivity contribution is -0.384. The summed E-state index contributed by atoms with van der Waals surface area (Å²) < 4.78 is 12.8. The van der Waals surface area contributed by atoms with Gasteiger partial charge in [0.25, 0.3) is 11.6 Å². The van der Waals surface area contributed by atoms with E-state index in [1.54, 1.807) is 0 Å². The van der Waals surface area contributed by atoms with E-state index >= 15 is 0 Å². The fourth-order valence-electron chi connectivity index (χ4n) is 1.62. The van der Waals surface area contributed by atoms with Crippen LogP contribution in [0.5, 0.6) is 11.5 Å². The Morgan fingerprint density at radius 2 is 1.86 bits per heavy atom. The summed E-state index contributed by atoms with van der Waals surface area (Å²) in [5.41, 5.74) is -0.758. The van der Waals surface area contributed by atoms with Crippen molar-refractivity contribution in [3.05, 3.63) is 57.9 Å². The van der Waals surface area contributed by atoms with E-state index in [9.17, 15) is 29.5 Å². The number of aromatic hydroxyl groups is 2. The normalized spacial score (nSPS) is 10.1. The molecule has 1 amide bonds. The van der Waals surface area contributed by atoms with Gasteiger partial charge in [0, 0.05) is 18.2 Å². The number of non-ortho nitro benzene ring substituents is 1. The number of nitrogens with zero attached hydrogens (tertiary/aromatic N) is 1. The van der Waals surface area contributed by atoms with Gasteiger partial charge >= 0.3 is 0 Å². The molecule has 0 saturated carbocycles. The first-order valence-electron chi connectivity index (χ1n) is 5.66. The molecule has 8 heteroatoms. The molecule has 21 heavy (non-hydrogen) atoms. The molecule has 0 aliphatic heterocycles. The standard InChI is InChI=1S/C13H9FN2O5/c14-7-1-3-9(12(18)5-7)13(19)15-10-6-8(16(20)21)2-4-11(10)17/h1-6,17-18H,(H,15,19). The molecular weight excluding hydrogens is 283 g/mol. The molecule has 0 fully saturated rings. The van der Waals surface area contributed by atoms with Gasteiger partial charge in [-0.05, 0) is 18.2 Å². The fraction of sp³-hybridized carbons (Fsp3) is 0. The summed E-state index contributed by atoms with van der Waals surface area (Å²) in [6.07, 6.45) is 0. The maximum absolute atomic E-state index is 12.8. The van der Waals surface area contributed by atoms with Crippen molar-refractivity contribution >= 4 is 17.3 Å². The number of anilines is 1. The van der Waals surface area contributed by atoms with Gasteiger partial charge in [-0.25, -0.2) is 4.39 Å². The number of amides is 1. The highest BCUT2D eigenvalue weighted by Crippen LogP contribution is 2.29. The van der Waals surface area contributed by atoms with Crippen molar-refractivity contribution < 1.29 is 24.3 Å². The molecule has 0 aromatic heterocycles. The lowest BCUT2D eigenvalue weighted by atomic mass is 10.1. The monoisotopic (exact) mass is 292 g/mol. The lowest BCUT2D eigenvalue weighted by Crippen LogP contribution is -2.12. The number of benzene rings is 2. The summed E-state index contributed by atoms with van der Waals surface area (Å²) in [5.74, 6) is -2.53. The Bertz CT molecular complexity index is 732. The second-order valence-corrected chi connectivity index (χ2v) is 4.07. The van der Waals surface area contributed by atoms with Crippen LogP contribution in [0.3, 0.4) is 0 Å². The predicted molar refractivity (Wildman–Crippen MR) is 70.8 cm³/mol. The van der Waals surface area contributed by atoms with Gasteiger partial charge in [-0.3, -0.25) is 14.9 Å². The van der Waals surface area contributed by atoms with Gasteiger partial charge in [0.1, 0.15) is 17.3 Å². The summed E-state index contributed by atoms with van der Waals surface area (Å²) in [7, 11) is 0. The Morgan fingerprint density at radius 1 is 1.14 bits per heavy atom. The largest absolute Gasteiger partial charge is 0.507 e. The van der Waals surface area contributed by atoms with Crippen molar-refractivity contribution in [2.75, 3.05) is 5.32 Å². The zero-order chi connectivity index (χ0) is 15.6. The molecule has 0 aliphatic carbocycles. The predicted octanol–water partition coefficient (Wildman–Crippen LogP) is 2.40. The van der Waals surface area contributed by atoms with Crippen LogP contribution < -0.4 is 5.32 Å². The number of rotatable bonds is 3. The van der Waals surface area contributed by atoms with E-state index in [4.69, 9.17) is 0 Å². The molecule has 0 aliphatic rings. The molecule has 0 saturated heterocycles. The van der Waals surface area contributed by atoms with Crippen molar-refractivity contribution in [3.63, 3.8) is 0 Å². The second-order valence-electron chi connectivity index (χ2n) is 4.07. The van der Waals surface area contributed by atoms with E-state index in [0.29, 0.717) is 0 Å². The summed E-state index contributed by atoms with van der Waals surface area (Å²) >= 11 is 0. The molecule has 0 unspecified atom stereocenters. The number of nitro benzene ring substituents is 1. The van der Waals surface area contributed by atoms with Crippen LogP contribution in [0.4, 0.5) is 15.8 Å². The summed E-state index contributed by atoms with van der Waals surface area (Å²) in [5, 5.41) is 31.9. The minimum atomic E-state index is -0.844. The molecule has 0 radical (unpaired) electrons. The van der Waals surface area contributed by atoms with E-state index in [2.05, 4.69) is 5.32 Å². The van der Waals surface area contributed by atoms with Gasteiger partial charge in [0.05, 0.1) is 16.2 Å². The number of hydrogen-bond donors (Lipinski definition) is 3. The average molecular weight is 292 g/mol. The van der Waals surface area contributed by atoms with E-state index < -0.39 is 22.4 Å². The molecular formula is C13H9FN2O5. The fourth-order valence-corrected chi connectivity index (χ4v) is 1.62. The van der Waals surface area contributed by atoms with Gasteiger partial charge in [-0.2, -0.15) is 0 Å². The van der Waals surface area contributed by atoms with Crippen molar-refractivity contribution in [2.24, 2.45) is 0 Å². The second kappa shape index (κ2) is 5.45. The van der Waals surface area contributed by atoms with Gasteiger partial charge in [0.15, 0.2) is 0 Å². The molecule has 0 atom stereocenters. The number of hydrogen-bond acceptors (Lipinski definition) is 5. The number of phenols is 2.